The Kier molecular flexibility index (Phi) is 20.7. The van der Waals surface area contributed by atoms with Gasteiger partial charge in [-0.2, -0.15) is 8.42 Å². The standard InChI is InChI=1S/C47H60N8O13S/c1-4-6-16-35(51-40(56)24-30-19-21-32(22-20-30)68-69(65,66)67)44(61)50-28-41(57)52-37(25-31-27-49-34-18-12-11-15-33(31)34)46(63)53-36(17-7-5-2)45(62)54-38(26-42(58)59)47(64)55(3)39(43(48)60)23-29-13-9-8-10-14-29/h8-15,18-22,27,35-39,49H,4-7,16-17,23-26,28H2,1-3H3,(H2,48,60)(H,50,61)(H,51,56)(H,52,57)(H,53,63)(H,54,62)(H,58,59)(H,65,66,67)/t35-,36-,37-,38+,39-/m0/s1. The number of carbonyl (C=O) groups excluding carboxylic acids is 7. The number of likely N-dealkylation sites (N-methyl/N-ethyl adjacent to an activating group) is 1. The summed E-state index contributed by atoms with van der Waals surface area (Å²) in [6.45, 7) is 3.11. The molecule has 372 valence electrons. The molecule has 21 nitrogen and oxygen atoms in total. The van der Waals surface area contributed by atoms with Gasteiger partial charge in [-0.15, -0.1) is 0 Å². The van der Waals surface area contributed by atoms with Gasteiger partial charge >= 0.3 is 16.4 Å². The average molecular weight is 977 g/mol. The van der Waals surface area contributed by atoms with Crippen LogP contribution in [0.4, 0.5) is 0 Å². The summed E-state index contributed by atoms with van der Waals surface area (Å²) in [5.74, 6) is -7.11. The lowest BCUT2D eigenvalue weighted by molar-refractivity contribution is -0.146. The van der Waals surface area contributed by atoms with Crippen molar-refractivity contribution >= 4 is 68.6 Å². The van der Waals surface area contributed by atoms with Crippen molar-refractivity contribution in [3.63, 3.8) is 0 Å². The van der Waals surface area contributed by atoms with E-state index in [1.54, 1.807) is 42.6 Å². The molecule has 4 rings (SSSR count). The maximum absolute atomic E-state index is 14.3. The first kappa shape index (κ1) is 54.3. The Balaban J connectivity index is 1.50. The number of unbranched alkanes of at least 4 members (excludes halogenated alkanes) is 2. The first-order valence-electron chi connectivity index (χ1n) is 22.4. The molecule has 0 fully saturated rings. The number of benzene rings is 3. The number of hydrogen-bond acceptors (Lipinski definition) is 11. The first-order chi connectivity index (χ1) is 32.8. The first-order valence-corrected chi connectivity index (χ1v) is 23.7. The third kappa shape index (κ3) is 17.7. The fraction of sp³-hybridized carbons (Fsp3) is 0.404. The maximum Gasteiger partial charge on any atom is 0.446 e. The molecule has 1 heterocycles. The van der Waals surface area contributed by atoms with Crippen LogP contribution in [0.5, 0.6) is 5.75 Å². The molecule has 0 aliphatic rings. The van der Waals surface area contributed by atoms with E-state index >= 15 is 0 Å². The molecule has 0 aliphatic carbocycles. The van der Waals surface area contributed by atoms with Crippen molar-refractivity contribution in [3.05, 3.63) is 102 Å². The lowest BCUT2D eigenvalue weighted by Gasteiger charge is -2.30. The van der Waals surface area contributed by atoms with Gasteiger partial charge in [-0.3, -0.25) is 42.9 Å². The monoisotopic (exact) mass is 976 g/mol. The molecule has 4 aromatic rings. The molecule has 69 heavy (non-hydrogen) atoms. The minimum absolute atomic E-state index is 0.0180. The normalized spacial score (nSPS) is 13.4. The van der Waals surface area contributed by atoms with E-state index in [9.17, 15) is 51.9 Å². The minimum Gasteiger partial charge on any atom is -0.481 e. The summed E-state index contributed by atoms with van der Waals surface area (Å²) in [7, 11) is -3.47. The molecule has 0 aliphatic heterocycles. The van der Waals surface area contributed by atoms with Gasteiger partial charge < -0.3 is 51.5 Å². The largest absolute Gasteiger partial charge is 0.481 e. The Hall–Kier alpha value is -7.33. The van der Waals surface area contributed by atoms with Gasteiger partial charge in [0.2, 0.25) is 41.4 Å². The highest BCUT2D eigenvalue weighted by molar-refractivity contribution is 7.81. The van der Waals surface area contributed by atoms with E-state index in [-0.39, 0.29) is 37.9 Å². The number of amides is 7. The zero-order chi connectivity index (χ0) is 50.7. The van der Waals surface area contributed by atoms with Crippen molar-refractivity contribution in [2.75, 3.05) is 13.6 Å². The van der Waals surface area contributed by atoms with E-state index in [1.807, 2.05) is 32.0 Å². The average Bonchev–Trinajstić information content (AvgIpc) is 3.71. The number of aliphatic carboxylic acids is 1. The summed E-state index contributed by atoms with van der Waals surface area (Å²) < 4.78 is 35.3. The molecule has 7 amide bonds. The number of fused-ring (bicyclic) bond motifs is 1. The highest BCUT2D eigenvalue weighted by Crippen LogP contribution is 2.20. The molecule has 1 aromatic heterocycles. The number of carboxylic acid groups (broad SMARTS) is 1. The zero-order valence-corrected chi connectivity index (χ0v) is 39.4. The topological polar surface area (TPSA) is 326 Å². The van der Waals surface area contributed by atoms with Crippen molar-refractivity contribution in [2.24, 2.45) is 5.73 Å². The van der Waals surface area contributed by atoms with Gasteiger partial charge in [0.05, 0.1) is 19.4 Å². The van der Waals surface area contributed by atoms with Gasteiger partial charge in [0.15, 0.2) is 0 Å². The molecule has 3 aromatic carbocycles. The number of para-hydroxylation sites is 1. The molecular formula is C47H60N8O13S. The summed E-state index contributed by atoms with van der Waals surface area (Å²) in [5, 5.41) is 23.5. The predicted molar refractivity (Wildman–Crippen MR) is 252 cm³/mol. The third-order valence-electron chi connectivity index (χ3n) is 11.0. The van der Waals surface area contributed by atoms with Gasteiger partial charge in [-0.1, -0.05) is 100 Å². The van der Waals surface area contributed by atoms with Gasteiger partial charge in [-0.05, 0) is 47.7 Å². The Labute approximate surface area is 399 Å². The van der Waals surface area contributed by atoms with E-state index in [4.69, 9.17) is 10.3 Å². The number of H-pyrrole nitrogens is 1. The van der Waals surface area contributed by atoms with E-state index in [2.05, 4.69) is 35.8 Å². The summed E-state index contributed by atoms with van der Waals surface area (Å²) in [4.78, 5) is 111. The van der Waals surface area contributed by atoms with Crippen LogP contribution in [-0.4, -0.2) is 119 Å². The number of primary amides is 1. The maximum atomic E-state index is 14.3. The number of hydrogen-bond donors (Lipinski definition) is 9. The third-order valence-corrected chi connectivity index (χ3v) is 11.5. The Morgan fingerprint density at radius 1 is 0.710 bits per heavy atom. The van der Waals surface area contributed by atoms with Crippen molar-refractivity contribution in [3.8, 4) is 5.75 Å². The second-order valence-corrected chi connectivity index (χ2v) is 17.4. The summed E-state index contributed by atoms with van der Waals surface area (Å²) in [6, 6.07) is 14.6. The van der Waals surface area contributed by atoms with Gasteiger partial charge in [0.1, 0.15) is 36.0 Å². The molecule has 0 saturated carbocycles. The zero-order valence-electron chi connectivity index (χ0n) is 38.6. The number of nitrogens with one attached hydrogen (secondary N) is 6. The van der Waals surface area contributed by atoms with Crippen LogP contribution >= 0.6 is 0 Å². The van der Waals surface area contributed by atoms with Gasteiger partial charge in [0, 0.05) is 37.0 Å². The van der Waals surface area contributed by atoms with Crippen LogP contribution in [0, 0.1) is 0 Å². The number of carboxylic acids is 1. The van der Waals surface area contributed by atoms with Crippen LogP contribution in [0.2, 0.25) is 0 Å². The summed E-state index contributed by atoms with van der Waals surface area (Å²) in [6.07, 6.45) is 3.01. The number of rotatable bonds is 28. The molecule has 0 spiro atoms. The molecule has 0 bridgehead atoms. The minimum atomic E-state index is -4.75. The number of aromatic nitrogens is 1. The van der Waals surface area contributed by atoms with Crippen LogP contribution in [0.25, 0.3) is 10.9 Å². The van der Waals surface area contributed by atoms with E-state index in [0.29, 0.717) is 42.4 Å². The van der Waals surface area contributed by atoms with Crippen molar-refractivity contribution in [1.82, 2.24) is 36.5 Å². The molecule has 10 N–H and O–H groups in total. The van der Waals surface area contributed by atoms with Gasteiger partial charge in [0.25, 0.3) is 0 Å². The van der Waals surface area contributed by atoms with E-state index in [1.165, 1.54) is 31.3 Å². The van der Waals surface area contributed by atoms with E-state index in [0.717, 1.165) is 15.8 Å². The number of nitrogens with two attached hydrogens (primary N) is 1. The summed E-state index contributed by atoms with van der Waals surface area (Å²) in [5.41, 5.74) is 8.16. The molecule has 0 unspecified atom stereocenters. The highest BCUT2D eigenvalue weighted by atomic mass is 32.3. The molecule has 0 saturated heterocycles. The molecular weight excluding hydrogens is 917 g/mol. The van der Waals surface area contributed by atoms with Crippen LogP contribution in [0.15, 0.2) is 85.1 Å². The van der Waals surface area contributed by atoms with Crippen LogP contribution in [0.1, 0.15) is 75.5 Å². The lowest BCUT2D eigenvalue weighted by atomic mass is 10.0. The van der Waals surface area contributed by atoms with Crippen molar-refractivity contribution in [2.45, 2.75) is 108 Å². The van der Waals surface area contributed by atoms with E-state index < -0.39 is 101 Å². The number of nitrogens with zero attached hydrogens (tertiary/aromatic N) is 1. The predicted octanol–water partition coefficient (Wildman–Crippen LogP) is 1.60. The van der Waals surface area contributed by atoms with Crippen LogP contribution in [-0.2, 0) is 68.0 Å². The molecule has 22 heteroatoms. The molecule has 5 atom stereocenters. The van der Waals surface area contributed by atoms with Gasteiger partial charge in [-0.25, -0.2) is 0 Å². The fourth-order valence-electron chi connectivity index (χ4n) is 7.42. The van der Waals surface area contributed by atoms with Crippen molar-refractivity contribution in [1.29, 1.82) is 0 Å². The summed E-state index contributed by atoms with van der Waals surface area (Å²) >= 11 is 0. The fourth-order valence-corrected chi connectivity index (χ4v) is 7.77. The Bertz CT molecular complexity index is 2540. The number of aromatic amines is 1. The Morgan fingerprint density at radius 3 is 1.90 bits per heavy atom. The second-order valence-electron chi connectivity index (χ2n) is 16.4. The second kappa shape index (κ2) is 26.3. The van der Waals surface area contributed by atoms with Crippen molar-refractivity contribution < 1.29 is 60.6 Å². The lowest BCUT2D eigenvalue weighted by Crippen LogP contribution is -2.59. The SMILES string of the molecule is CCCC[C@H](NC(=O)Cc1ccc(OS(=O)(=O)O)cc1)C(=O)NCC(=O)N[C@@H](Cc1c[nH]c2ccccc12)C(=O)N[C@@H](CCCC)C(=O)N[C@H](CC(=O)O)C(=O)N(C)[C@@H](Cc1ccccc1)C(N)=O. The van der Waals surface area contributed by atoms with Crippen LogP contribution in [0.3, 0.4) is 0 Å². The smallest absolute Gasteiger partial charge is 0.446 e. The Morgan fingerprint density at radius 2 is 1.29 bits per heavy atom. The number of carbonyl (C=O) groups is 8. The highest BCUT2D eigenvalue weighted by Gasteiger charge is 2.35. The quantitative estimate of drug-likeness (QED) is 0.0366. The van der Waals surface area contributed by atoms with Crippen LogP contribution < -0.4 is 36.5 Å². The molecule has 0 radical (unpaired) electrons.